The van der Waals surface area contributed by atoms with E-state index in [1.807, 2.05) is 6.92 Å². The number of nitrogens with zero attached hydrogens (tertiary/aromatic N) is 2. The second-order valence-corrected chi connectivity index (χ2v) is 7.06. The molecule has 5 nitrogen and oxygen atoms in total. The topological polar surface area (TPSA) is 59.0 Å². The number of hydrogen-bond donors (Lipinski definition) is 2. The fourth-order valence-corrected chi connectivity index (χ4v) is 3.24. The Kier molecular flexibility index (Phi) is 5.27. The first-order valence-corrected chi connectivity index (χ1v) is 9.05. The number of anilines is 1. The number of carbonyl (C=O) groups excluding carboxylic acids is 1. The fourth-order valence-electron chi connectivity index (χ4n) is 2.98. The third-order valence-electron chi connectivity index (χ3n) is 4.29. The summed E-state index contributed by atoms with van der Waals surface area (Å²) in [5.41, 5.74) is 0.837. The molecule has 0 saturated carbocycles. The van der Waals surface area contributed by atoms with Gasteiger partial charge in [0.05, 0.1) is 12.2 Å². The number of benzene rings is 1. The maximum Gasteiger partial charge on any atom is 0.410 e. The van der Waals surface area contributed by atoms with Gasteiger partial charge in [0.25, 0.3) is 5.91 Å². The van der Waals surface area contributed by atoms with Gasteiger partial charge in [-0.25, -0.2) is 4.68 Å². The number of halogens is 4. The molecule has 1 aliphatic heterocycles. The molecule has 0 spiro atoms. The lowest BCUT2D eigenvalue weighted by atomic mass is 9.96. The van der Waals surface area contributed by atoms with Gasteiger partial charge in [-0.2, -0.15) is 18.3 Å². The van der Waals surface area contributed by atoms with E-state index in [-0.39, 0.29) is 17.8 Å². The van der Waals surface area contributed by atoms with Gasteiger partial charge in [-0.05, 0) is 24.1 Å². The van der Waals surface area contributed by atoms with Crippen LogP contribution in [-0.2, 0) is 0 Å². The zero-order chi connectivity index (χ0) is 18.9. The minimum absolute atomic E-state index is 0.0973. The predicted molar refractivity (Wildman–Crippen MR) is 95.1 cm³/mol. The third kappa shape index (κ3) is 3.72. The van der Waals surface area contributed by atoms with Gasteiger partial charge in [0.1, 0.15) is 11.4 Å². The fraction of sp³-hybridized carbons (Fsp3) is 0.412. The molecule has 140 valence electrons. The first-order valence-electron chi connectivity index (χ1n) is 8.25. The van der Waals surface area contributed by atoms with Crippen LogP contribution in [0.4, 0.5) is 19.0 Å². The Morgan fingerprint density at radius 2 is 2.08 bits per heavy atom. The summed E-state index contributed by atoms with van der Waals surface area (Å²) in [5.74, 6) is -0.335. The molecule has 0 radical (unpaired) electrons. The highest BCUT2D eigenvalue weighted by Crippen LogP contribution is 2.44. The second kappa shape index (κ2) is 7.30. The van der Waals surface area contributed by atoms with E-state index in [0.29, 0.717) is 6.54 Å². The van der Waals surface area contributed by atoms with E-state index in [9.17, 15) is 18.0 Å². The lowest BCUT2D eigenvalue weighted by molar-refractivity contribution is -0.173. The largest absolute Gasteiger partial charge is 0.410 e. The monoisotopic (exact) mass is 430 g/mol. The summed E-state index contributed by atoms with van der Waals surface area (Å²) < 4.78 is 42.5. The molecular formula is C17H18BrF3N4O. The zero-order valence-electron chi connectivity index (χ0n) is 14.0. The van der Waals surface area contributed by atoms with Crippen LogP contribution < -0.4 is 10.6 Å². The van der Waals surface area contributed by atoms with Crippen molar-refractivity contribution in [2.24, 2.45) is 0 Å². The standard InChI is InChI=1S/C17H18BrF3N4O/c1-2-7-22-16(26)12-9-23-25-14(17(19,20)21)8-13(24-15(12)25)10-3-5-11(18)6-4-10/h3-6,9,13-14,24H,2,7-8H2,1H3,(H,22,26)/t13-,14-/m1/s1. The molecule has 1 aliphatic rings. The Labute approximate surface area is 157 Å². The predicted octanol–water partition coefficient (Wildman–Crippen LogP) is 4.45. The lowest BCUT2D eigenvalue weighted by Gasteiger charge is -2.34. The first kappa shape index (κ1) is 18.8. The van der Waals surface area contributed by atoms with Crippen molar-refractivity contribution in [1.82, 2.24) is 15.1 Å². The van der Waals surface area contributed by atoms with E-state index in [1.54, 1.807) is 24.3 Å². The Morgan fingerprint density at radius 3 is 2.69 bits per heavy atom. The first-order chi connectivity index (χ1) is 12.3. The van der Waals surface area contributed by atoms with E-state index in [1.165, 1.54) is 6.20 Å². The molecule has 3 rings (SSSR count). The number of carbonyl (C=O) groups is 1. The van der Waals surface area contributed by atoms with Crippen LogP contribution in [0.3, 0.4) is 0 Å². The summed E-state index contributed by atoms with van der Waals surface area (Å²) in [7, 11) is 0. The summed E-state index contributed by atoms with van der Waals surface area (Å²) in [6.07, 6.45) is -2.74. The van der Waals surface area contributed by atoms with Gasteiger partial charge in [-0.1, -0.05) is 35.0 Å². The molecule has 26 heavy (non-hydrogen) atoms. The highest BCUT2D eigenvalue weighted by molar-refractivity contribution is 9.10. The molecule has 1 amide bonds. The summed E-state index contributed by atoms with van der Waals surface area (Å²) in [6, 6.07) is 4.72. The normalized spacial score (nSPS) is 19.6. The number of fused-ring (bicyclic) bond motifs is 1. The van der Waals surface area contributed by atoms with Crippen molar-refractivity contribution in [1.29, 1.82) is 0 Å². The molecule has 1 aromatic heterocycles. The van der Waals surface area contributed by atoms with E-state index in [0.717, 1.165) is 21.1 Å². The van der Waals surface area contributed by atoms with Crippen molar-refractivity contribution in [3.8, 4) is 0 Å². The lowest BCUT2D eigenvalue weighted by Crippen LogP contribution is -2.36. The second-order valence-electron chi connectivity index (χ2n) is 6.15. The highest BCUT2D eigenvalue weighted by atomic mass is 79.9. The Hall–Kier alpha value is -2.03. The van der Waals surface area contributed by atoms with Gasteiger partial charge >= 0.3 is 6.18 Å². The van der Waals surface area contributed by atoms with E-state index in [4.69, 9.17) is 0 Å². The number of alkyl halides is 3. The maximum atomic E-state index is 13.6. The molecule has 0 bridgehead atoms. The Morgan fingerprint density at radius 1 is 1.38 bits per heavy atom. The smallest absolute Gasteiger partial charge is 0.363 e. The minimum Gasteiger partial charge on any atom is -0.363 e. The quantitative estimate of drug-likeness (QED) is 0.753. The van der Waals surface area contributed by atoms with Gasteiger partial charge in [0.2, 0.25) is 0 Å². The summed E-state index contributed by atoms with van der Waals surface area (Å²) in [6.45, 7) is 2.34. The van der Waals surface area contributed by atoms with Crippen LogP contribution in [-0.4, -0.2) is 28.4 Å². The average molecular weight is 431 g/mol. The highest BCUT2D eigenvalue weighted by Gasteiger charge is 2.47. The van der Waals surface area contributed by atoms with Crippen LogP contribution >= 0.6 is 15.9 Å². The van der Waals surface area contributed by atoms with E-state index >= 15 is 0 Å². The average Bonchev–Trinajstić information content (AvgIpc) is 3.02. The summed E-state index contributed by atoms with van der Waals surface area (Å²) in [4.78, 5) is 12.3. The molecule has 0 unspecified atom stereocenters. The van der Waals surface area contributed by atoms with Crippen LogP contribution in [0.15, 0.2) is 34.9 Å². The maximum absolute atomic E-state index is 13.6. The number of amides is 1. The third-order valence-corrected chi connectivity index (χ3v) is 4.82. The van der Waals surface area contributed by atoms with Gasteiger partial charge in [-0.15, -0.1) is 0 Å². The van der Waals surface area contributed by atoms with Gasteiger partial charge < -0.3 is 10.6 Å². The SMILES string of the molecule is CCCNC(=O)c1cnn2c1N[C@@H](c1ccc(Br)cc1)C[C@@H]2C(F)(F)F. The van der Waals surface area contributed by atoms with Crippen LogP contribution in [0.25, 0.3) is 0 Å². The van der Waals surface area contributed by atoms with Crippen LogP contribution in [0, 0.1) is 0 Å². The number of nitrogens with one attached hydrogen (secondary N) is 2. The van der Waals surface area contributed by atoms with Crippen molar-refractivity contribution in [3.63, 3.8) is 0 Å². The minimum atomic E-state index is -4.46. The van der Waals surface area contributed by atoms with Crippen molar-refractivity contribution >= 4 is 27.7 Å². The zero-order valence-corrected chi connectivity index (χ0v) is 15.6. The molecule has 9 heteroatoms. The molecule has 0 aliphatic carbocycles. The number of rotatable bonds is 4. The Balaban J connectivity index is 1.98. The Bertz CT molecular complexity index is 788. The van der Waals surface area contributed by atoms with Gasteiger partial charge in [0.15, 0.2) is 6.04 Å². The molecular weight excluding hydrogens is 413 g/mol. The molecule has 2 N–H and O–H groups in total. The molecule has 2 atom stereocenters. The van der Waals surface area contributed by atoms with Gasteiger partial charge in [-0.3, -0.25) is 4.79 Å². The van der Waals surface area contributed by atoms with Crippen molar-refractivity contribution in [3.05, 3.63) is 46.1 Å². The van der Waals surface area contributed by atoms with Gasteiger partial charge in [0, 0.05) is 17.4 Å². The molecule has 1 aromatic carbocycles. The number of aromatic nitrogens is 2. The van der Waals surface area contributed by atoms with Crippen LogP contribution in [0.1, 0.15) is 47.8 Å². The molecule has 2 aromatic rings. The molecule has 0 fully saturated rings. The van der Waals surface area contributed by atoms with Crippen LogP contribution in [0.2, 0.25) is 0 Å². The summed E-state index contributed by atoms with van der Waals surface area (Å²) in [5, 5.41) is 9.59. The van der Waals surface area contributed by atoms with Crippen LogP contribution in [0.5, 0.6) is 0 Å². The van der Waals surface area contributed by atoms with E-state index < -0.39 is 24.2 Å². The molecule has 0 saturated heterocycles. The van der Waals surface area contributed by atoms with Crippen molar-refractivity contribution in [2.75, 3.05) is 11.9 Å². The summed E-state index contributed by atoms with van der Waals surface area (Å²) >= 11 is 3.32. The van der Waals surface area contributed by atoms with E-state index in [2.05, 4.69) is 31.7 Å². The number of hydrogen-bond acceptors (Lipinski definition) is 3. The molecule has 2 heterocycles. The van der Waals surface area contributed by atoms with Crippen molar-refractivity contribution < 1.29 is 18.0 Å². The van der Waals surface area contributed by atoms with Crippen molar-refractivity contribution in [2.45, 2.75) is 38.0 Å².